The van der Waals surface area contributed by atoms with Crippen molar-refractivity contribution in [2.75, 3.05) is 0 Å². The third-order valence-corrected chi connectivity index (χ3v) is 1.55. The summed E-state index contributed by atoms with van der Waals surface area (Å²) in [5.74, 6) is -1.78. The van der Waals surface area contributed by atoms with Crippen LogP contribution in [0.4, 0.5) is 13.2 Å². The van der Waals surface area contributed by atoms with Crippen LogP contribution in [0.1, 0.15) is 20.8 Å². The van der Waals surface area contributed by atoms with Gasteiger partial charge in [0.15, 0.2) is 0 Å². The quantitative estimate of drug-likeness (QED) is 0.551. The predicted octanol–water partition coefficient (Wildman–Crippen LogP) is 3.40. The van der Waals surface area contributed by atoms with Gasteiger partial charge in [-0.2, -0.15) is 13.2 Å². The van der Waals surface area contributed by atoms with Gasteiger partial charge in [-0.15, -0.1) is 0 Å². The van der Waals surface area contributed by atoms with Crippen molar-refractivity contribution in [1.29, 1.82) is 0 Å². The van der Waals surface area contributed by atoms with Gasteiger partial charge in [-0.1, -0.05) is 26.0 Å². The highest BCUT2D eigenvalue weighted by Crippen LogP contribution is 2.36. The van der Waals surface area contributed by atoms with Crippen LogP contribution in [0.2, 0.25) is 0 Å². The highest BCUT2D eigenvalue weighted by Gasteiger charge is 2.41. The van der Waals surface area contributed by atoms with E-state index in [0.717, 1.165) is 0 Å². The summed E-state index contributed by atoms with van der Waals surface area (Å²) >= 11 is 0. The fraction of sp³-hybridized carbons (Fsp3) is 0.750. The van der Waals surface area contributed by atoms with Crippen LogP contribution in [0.15, 0.2) is 12.2 Å². The van der Waals surface area contributed by atoms with Crippen molar-refractivity contribution in [3.8, 4) is 0 Å². The molecule has 0 aromatic heterocycles. The molecule has 0 saturated carbocycles. The Hall–Kier alpha value is -0.470. The molecule has 11 heavy (non-hydrogen) atoms. The van der Waals surface area contributed by atoms with E-state index in [9.17, 15) is 13.2 Å². The SMILES string of the molecule is C=C(C)C(C(C)C)C(F)(F)F. The van der Waals surface area contributed by atoms with Crippen LogP contribution < -0.4 is 0 Å². The third kappa shape index (κ3) is 2.95. The van der Waals surface area contributed by atoms with Gasteiger partial charge in [0.2, 0.25) is 0 Å². The van der Waals surface area contributed by atoms with Gasteiger partial charge in [-0.25, -0.2) is 0 Å². The van der Waals surface area contributed by atoms with E-state index >= 15 is 0 Å². The summed E-state index contributed by atoms with van der Waals surface area (Å²) < 4.78 is 36.5. The first-order valence-electron chi connectivity index (χ1n) is 3.49. The zero-order valence-corrected chi connectivity index (χ0v) is 7.00. The lowest BCUT2D eigenvalue weighted by atomic mass is 9.89. The van der Waals surface area contributed by atoms with Crippen molar-refractivity contribution in [1.82, 2.24) is 0 Å². The van der Waals surface area contributed by atoms with Crippen LogP contribution in [-0.2, 0) is 0 Å². The van der Waals surface area contributed by atoms with E-state index in [1.54, 1.807) is 13.8 Å². The first-order valence-corrected chi connectivity index (χ1v) is 3.49. The summed E-state index contributed by atoms with van der Waals surface area (Å²) in [7, 11) is 0. The number of rotatable bonds is 2. The lowest BCUT2D eigenvalue weighted by Gasteiger charge is -2.23. The van der Waals surface area contributed by atoms with Crippen LogP contribution in [0.3, 0.4) is 0 Å². The monoisotopic (exact) mass is 166 g/mol. The van der Waals surface area contributed by atoms with Crippen molar-refractivity contribution in [2.24, 2.45) is 11.8 Å². The minimum absolute atomic E-state index is 0.188. The summed E-state index contributed by atoms with van der Waals surface area (Å²) in [6, 6.07) is 0. The minimum atomic E-state index is -4.14. The van der Waals surface area contributed by atoms with Gasteiger partial charge in [-0.3, -0.25) is 0 Å². The van der Waals surface area contributed by atoms with E-state index in [2.05, 4.69) is 6.58 Å². The molecule has 0 N–H and O–H groups in total. The number of allylic oxidation sites excluding steroid dienone is 1. The highest BCUT2D eigenvalue weighted by molar-refractivity contribution is 5.00. The van der Waals surface area contributed by atoms with Crippen LogP contribution in [0.25, 0.3) is 0 Å². The normalized spacial score (nSPS) is 15.2. The fourth-order valence-corrected chi connectivity index (χ4v) is 1.23. The third-order valence-electron chi connectivity index (χ3n) is 1.55. The minimum Gasteiger partial charge on any atom is -0.170 e. The average Bonchev–Trinajstić information content (AvgIpc) is 1.54. The Morgan fingerprint density at radius 3 is 1.64 bits per heavy atom. The van der Waals surface area contributed by atoms with E-state index in [1.807, 2.05) is 0 Å². The molecule has 1 unspecified atom stereocenters. The molecular formula is C8H13F3. The van der Waals surface area contributed by atoms with Crippen molar-refractivity contribution >= 4 is 0 Å². The molecule has 0 aliphatic rings. The number of hydrogen-bond acceptors (Lipinski definition) is 0. The summed E-state index contributed by atoms with van der Waals surface area (Å²) in [5.41, 5.74) is 0.188. The maximum atomic E-state index is 12.2. The molecule has 1 atom stereocenters. The molecule has 0 aromatic rings. The van der Waals surface area contributed by atoms with Crippen molar-refractivity contribution < 1.29 is 13.2 Å². The van der Waals surface area contributed by atoms with Crippen LogP contribution in [-0.4, -0.2) is 6.18 Å². The van der Waals surface area contributed by atoms with Gasteiger partial charge in [0.1, 0.15) is 0 Å². The lowest BCUT2D eigenvalue weighted by Crippen LogP contribution is -2.28. The fourth-order valence-electron chi connectivity index (χ4n) is 1.23. The summed E-state index contributed by atoms with van der Waals surface area (Å²) in [4.78, 5) is 0. The Labute approximate surface area is 65.1 Å². The molecule has 0 nitrogen and oxygen atoms in total. The van der Waals surface area contributed by atoms with Gasteiger partial charge in [-0.05, 0) is 12.8 Å². The van der Waals surface area contributed by atoms with E-state index in [-0.39, 0.29) is 5.57 Å². The Bertz CT molecular complexity index is 144. The van der Waals surface area contributed by atoms with Gasteiger partial charge in [0.05, 0.1) is 5.92 Å². The van der Waals surface area contributed by atoms with Gasteiger partial charge < -0.3 is 0 Å². The molecule has 0 radical (unpaired) electrons. The van der Waals surface area contributed by atoms with E-state index in [1.165, 1.54) is 6.92 Å². The first kappa shape index (κ1) is 10.5. The Kier molecular flexibility index (Phi) is 3.14. The smallest absolute Gasteiger partial charge is 0.170 e. The summed E-state index contributed by atoms with van der Waals surface area (Å²) in [6.07, 6.45) is -4.14. The first-order chi connectivity index (χ1) is 4.76. The van der Waals surface area contributed by atoms with Crippen molar-refractivity contribution in [3.63, 3.8) is 0 Å². The second-order valence-corrected chi connectivity index (χ2v) is 3.11. The number of alkyl halides is 3. The standard InChI is InChI=1S/C8H13F3/c1-5(2)7(6(3)4)8(9,10)11/h6-7H,1H2,2-4H3. The van der Waals surface area contributed by atoms with Gasteiger partial charge in [0.25, 0.3) is 0 Å². The Balaban J connectivity index is 4.49. The molecule has 0 aromatic carbocycles. The highest BCUT2D eigenvalue weighted by atomic mass is 19.4. The largest absolute Gasteiger partial charge is 0.395 e. The maximum absolute atomic E-state index is 12.2. The number of hydrogen-bond donors (Lipinski definition) is 0. The maximum Gasteiger partial charge on any atom is 0.395 e. The second kappa shape index (κ2) is 3.28. The van der Waals surface area contributed by atoms with E-state index in [0.29, 0.717) is 0 Å². The zero-order chi connectivity index (χ0) is 9.23. The molecule has 0 saturated heterocycles. The topological polar surface area (TPSA) is 0 Å². The Morgan fingerprint density at radius 1 is 1.27 bits per heavy atom. The molecule has 0 fully saturated rings. The van der Waals surface area contributed by atoms with Crippen LogP contribution in [0, 0.1) is 11.8 Å². The molecule has 3 heteroatoms. The van der Waals surface area contributed by atoms with Gasteiger partial charge in [0, 0.05) is 0 Å². The molecule has 0 aliphatic heterocycles. The van der Waals surface area contributed by atoms with Gasteiger partial charge >= 0.3 is 6.18 Å². The zero-order valence-electron chi connectivity index (χ0n) is 7.00. The van der Waals surface area contributed by atoms with Crippen molar-refractivity contribution in [2.45, 2.75) is 26.9 Å². The average molecular weight is 166 g/mol. The van der Waals surface area contributed by atoms with E-state index in [4.69, 9.17) is 0 Å². The molecule has 0 spiro atoms. The molecule has 0 rings (SSSR count). The van der Waals surface area contributed by atoms with Crippen molar-refractivity contribution in [3.05, 3.63) is 12.2 Å². The Morgan fingerprint density at radius 2 is 1.64 bits per heavy atom. The molecular weight excluding hydrogens is 153 g/mol. The molecule has 66 valence electrons. The van der Waals surface area contributed by atoms with Crippen LogP contribution >= 0.6 is 0 Å². The molecule has 0 aliphatic carbocycles. The van der Waals surface area contributed by atoms with Crippen LogP contribution in [0.5, 0.6) is 0 Å². The predicted molar refractivity (Wildman–Crippen MR) is 39.2 cm³/mol. The summed E-state index contributed by atoms with van der Waals surface area (Å²) in [6.45, 7) is 7.83. The van der Waals surface area contributed by atoms with E-state index < -0.39 is 18.0 Å². The lowest BCUT2D eigenvalue weighted by molar-refractivity contribution is -0.174. The molecule has 0 bridgehead atoms. The molecule has 0 amide bonds. The second-order valence-electron chi connectivity index (χ2n) is 3.11. The number of halogens is 3. The summed E-state index contributed by atoms with van der Waals surface area (Å²) in [5, 5.41) is 0. The molecule has 0 heterocycles.